The first-order chi connectivity index (χ1) is 7.79. The summed E-state index contributed by atoms with van der Waals surface area (Å²) in [4.78, 5) is 8.40. The Kier molecular flexibility index (Phi) is 3.36. The highest BCUT2D eigenvalue weighted by Gasteiger charge is 2.04. The quantitative estimate of drug-likeness (QED) is 0.884. The fourth-order valence-corrected chi connectivity index (χ4v) is 1.91. The lowest BCUT2D eigenvalue weighted by molar-refractivity contribution is 0.399. The molecule has 2 heterocycles. The van der Waals surface area contributed by atoms with E-state index >= 15 is 0 Å². The Bertz CT molecular complexity index is 456. The van der Waals surface area contributed by atoms with Crippen molar-refractivity contribution in [3.63, 3.8) is 0 Å². The van der Waals surface area contributed by atoms with Gasteiger partial charge in [-0.1, -0.05) is 0 Å². The van der Waals surface area contributed by atoms with Gasteiger partial charge in [-0.3, -0.25) is 0 Å². The number of aryl methyl sites for hydroxylation is 1. The molecular weight excluding hydrogens is 222 g/mol. The second kappa shape index (κ2) is 4.94. The first kappa shape index (κ1) is 10.9. The van der Waals surface area contributed by atoms with E-state index in [9.17, 15) is 0 Å². The van der Waals surface area contributed by atoms with Crippen LogP contribution in [-0.4, -0.2) is 17.1 Å². The van der Waals surface area contributed by atoms with Crippen LogP contribution in [0, 0.1) is 6.92 Å². The van der Waals surface area contributed by atoms with Crippen LogP contribution in [0.3, 0.4) is 0 Å². The van der Waals surface area contributed by atoms with Gasteiger partial charge in [0.05, 0.1) is 30.5 Å². The molecule has 2 aromatic heterocycles. The highest BCUT2D eigenvalue weighted by Crippen LogP contribution is 2.22. The predicted molar refractivity (Wildman–Crippen MR) is 65.0 cm³/mol. The van der Waals surface area contributed by atoms with Gasteiger partial charge >= 0.3 is 0 Å². The smallest absolute Gasteiger partial charge is 0.237 e. The lowest BCUT2D eigenvalue weighted by Gasteiger charge is -2.09. The molecule has 0 radical (unpaired) electrons. The number of rotatable bonds is 4. The van der Waals surface area contributed by atoms with Gasteiger partial charge in [-0.25, -0.2) is 9.97 Å². The Labute approximate surface area is 98.3 Å². The molecule has 0 bridgehead atoms. The van der Waals surface area contributed by atoms with Gasteiger partial charge in [-0.05, 0) is 18.6 Å². The predicted octanol–water partition coefficient (Wildman–Crippen LogP) is 2.47. The number of nitrogens with zero attached hydrogens (tertiary/aromatic N) is 2. The molecule has 0 aromatic carbocycles. The summed E-state index contributed by atoms with van der Waals surface area (Å²) >= 11 is 1.59. The van der Waals surface area contributed by atoms with Gasteiger partial charge < -0.3 is 10.1 Å². The first-order valence-electron chi connectivity index (χ1n) is 4.91. The molecule has 0 aliphatic carbocycles. The van der Waals surface area contributed by atoms with Crippen LogP contribution < -0.4 is 10.1 Å². The third kappa shape index (κ3) is 2.49. The molecular formula is C11H13N3OS. The number of hydrogen-bond donors (Lipinski definition) is 1. The Morgan fingerprint density at radius 2 is 2.31 bits per heavy atom. The van der Waals surface area contributed by atoms with Crippen molar-refractivity contribution in [2.75, 3.05) is 12.4 Å². The molecule has 0 saturated heterocycles. The Morgan fingerprint density at radius 3 is 3.00 bits per heavy atom. The average Bonchev–Trinajstić information content (AvgIpc) is 2.79. The standard InChI is InChI=1S/C11H13N3OS/c1-8-3-10(11(15-2)13-4-8)12-5-9-6-16-7-14-9/h3-4,6-7,12H,5H2,1-2H3. The van der Waals surface area contributed by atoms with Crippen molar-refractivity contribution in [2.24, 2.45) is 0 Å². The van der Waals surface area contributed by atoms with E-state index in [0.717, 1.165) is 16.9 Å². The Hall–Kier alpha value is -1.62. The minimum atomic E-state index is 0.612. The number of thiazole rings is 1. The van der Waals surface area contributed by atoms with Crippen molar-refractivity contribution >= 4 is 17.0 Å². The van der Waals surface area contributed by atoms with E-state index in [-0.39, 0.29) is 0 Å². The molecule has 5 heteroatoms. The van der Waals surface area contributed by atoms with E-state index < -0.39 is 0 Å². The number of nitrogens with one attached hydrogen (secondary N) is 1. The largest absolute Gasteiger partial charge is 0.480 e. The van der Waals surface area contributed by atoms with Crippen LogP contribution in [0.2, 0.25) is 0 Å². The molecule has 0 amide bonds. The van der Waals surface area contributed by atoms with Crippen molar-refractivity contribution in [1.82, 2.24) is 9.97 Å². The van der Waals surface area contributed by atoms with Crippen molar-refractivity contribution in [2.45, 2.75) is 13.5 Å². The molecule has 0 aliphatic rings. The second-order valence-electron chi connectivity index (χ2n) is 3.40. The molecule has 0 unspecified atom stereocenters. The maximum absolute atomic E-state index is 5.18. The third-order valence-electron chi connectivity index (χ3n) is 2.12. The molecule has 0 atom stereocenters. The molecule has 16 heavy (non-hydrogen) atoms. The van der Waals surface area contributed by atoms with E-state index in [4.69, 9.17) is 4.74 Å². The van der Waals surface area contributed by atoms with Gasteiger partial charge in [0.2, 0.25) is 5.88 Å². The molecule has 0 saturated carbocycles. The molecule has 2 rings (SSSR count). The number of methoxy groups -OCH3 is 1. The van der Waals surface area contributed by atoms with E-state index in [1.54, 1.807) is 24.6 Å². The molecule has 0 spiro atoms. The summed E-state index contributed by atoms with van der Waals surface area (Å²) in [5.41, 5.74) is 4.84. The Balaban J connectivity index is 2.11. The van der Waals surface area contributed by atoms with Crippen LogP contribution in [0.1, 0.15) is 11.3 Å². The van der Waals surface area contributed by atoms with Gasteiger partial charge in [-0.2, -0.15) is 0 Å². The maximum Gasteiger partial charge on any atom is 0.237 e. The van der Waals surface area contributed by atoms with Gasteiger partial charge in [-0.15, -0.1) is 11.3 Å². The zero-order valence-electron chi connectivity index (χ0n) is 9.23. The minimum Gasteiger partial charge on any atom is -0.480 e. The molecule has 2 aromatic rings. The highest BCUT2D eigenvalue weighted by molar-refractivity contribution is 7.07. The van der Waals surface area contributed by atoms with Crippen molar-refractivity contribution in [3.8, 4) is 5.88 Å². The van der Waals surface area contributed by atoms with Gasteiger partial charge in [0, 0.05) is 11.6 Å². The number of pyridine rings is 1. The number of aromatic nitrogens is 2. The topological polar surface area (TPSA) is 47.0 Å². The molecule has 4 nitrogen and oxygen atoms in total. The van der Waals surface area contributed by atoms with E-state index in [2.05, 4.69) is 15.3 Å². The van der Waals surface area contributed by atoms with Crippen LogP contribution in [0.5, 0.6) is 5.88 Å². The molecule has 0 aliphatic heterocycles. The van der Waals surface area contributed by atoms with Crippen LogP contribution in [0.15, 0.2) is 23.2 Å². The lowest BCUT2D eigenvalue weighted by Crippen LogP contribution is -2.03. The summed E-state index contributed by atoms with van der Waals surface area (Å²) in [5, 5.41) is 5.28. The summed E-state index contributed by atoms with van der Waals surface area (Å²) < 4.78 is 5.18. The van der Waals surface area contributed by atoms with Crippen LogP contribution in [0.25, 0.3) is 0 Å². The Morgan fingerprint density at radius 1 is 1.44 bits per heavy atom. The van der Waals surface area contributed by atoms with Crippen LogP contribution in [-0.2, 0) is 6.54 Å². The minimum absolute atomic E-state index is 0.612. The molecule has 1 N–H and O–H groups in total. The van der Waals surface area contributed by atoms with Crippen molar-refractivity contribution in [3.05, 3.63) is 34.4 Å². The number of ether oxygens (including phenoxy) is 1. The van der Waals surface area contributed by atoms with Gasteiger partial charge in [0.25, 0.3) is 0 Å². The van der Waals surface area contributed by atoms with E-state index in [0.29, 0.717) is 12.4 Å². The van der Waals surface area contributed by atoms with Gasteiger partial charge in [0.1, 0.15) is 0 Å². The monoisotopic (exact) mass is 235 g/mol. The van der Waals surface area contributed by atoms with Crippen LogP contribution >= 0.6 is 11.3 Å². The first-order valence-corrected chi connectivity index (χ1v) is 5.85. The highest BCUT2D eigenvalue weighted by atomic mass is 32.1. The normalized spacial score (nSPS) is 10.1. The summed E-state index contributed by atoms with van der Waals surface area (Å²) in [6, 6.07) is 2.01. The van der Waals surface area contributed by atoms with Gasteiger partial charge in [0.15, 0.2) is 0 Å². The molecule has 84 valence electrons. The maximum atomic E-state index is 5.18. The zero-order chi connectivity index (χ0) is 11.4. The van der Waals surface area contributed by atoms with E-state index in [1.807, 2.05) is 23.9 Å². The summed E-state index contributed by atoms with van der Waals surface area (Å²) in [6.07, 6.45) is 1.78. The average molecular weight is 235 g/mol. The van der Waals surface area contributed by atoms with E-state index in [1.165, 1.54) is 0 Å². The van der Waals surface area contributed by atoms with Crippen LogP contribution in [0.4, 0.5) is 5.69 Å². The third-order valence-corrected chi connectivity index (χ3v) is 2.76. The summed E-state index contributed by atoms with van der Waals surface area (Å²) in [6.45, 7) is 2.69. The fraction of sp³-hybridized carbons (Fsp3) is 0.273. The second-order valence-corrected chi connectivity index (χ2v) is 4.12. The van der Waals surface area contributed by atoms with Crippen molar-refractivity contribution in [1.29, 1.82) is 0 Å². The number of anilines is 1. The SMILES string of the molecule is COc1ncc(C)cc1NCc1cscn1. The van der Waals surface area contributed by atoms with Crippen molar-refractivity contribution < 1.29 is 4.74 Å². The summed E-state index contributed by atoms with van der Waals surface area (Å²) in [7, 11) is 1.62. The lowest BCUT2D eigenvalue weighted by atomic mass is 10.3. The molecule has 0 fully saturated rings. The summed E-state index contributed by atoms with van der Waals surface area (Å²) in [5.74, 6) is 0.612. The number of hydrogen-bond acceptors (Lipinski definition) is 5. The zero-order valence-corrected chi connectivity index (χ0v) is 10.0. The fourth-order valence-electron chi connectivity index (χ4n) is 1.36.